The van der Waals surface area contributed by atoms with Crippen molar-refractivity contribution in [2.24, 2.45) is 0 Å². The predicted octanol–water partition coefficient (Wildman–Crippen LogP) is 5.06. The van der Waals surface area contributed by atoms with Crippen LogP contribution in [0.15, 0.2) is 51.7 Å². The van der Waals surface area contributed by atoms with Crippen LogP contribution >= 0.6 is 23.2 Å². The first-order valence-corrected chi connectivity index (χ1v) is 16.6. The number of nitrogens with one attached hydrogen (secondary N) is 2. The van der Waals surface area contributed by atoms with Gasteiger partial charge in [-0.3, -0.25) is 5.32 Å². The number of amides is 2. The predicted molar refractivity (Wildman–Crippen MR) is 180 cm³/mol. The van der Waals surface area contributed by atoms with Crippen molar-refractivity contribution in [1.82, 2.24) is 24.5 Å². The van der Waals surface area contributed by atoms with E-state index < -0.39 is 33.5 Å². The summed E-state index contributed by atoms with van der Waals surface area (Å²) in [5.74, 6) is -1.88. The van der Waals surface area contributed by atoms with E-state index >= 15 is 0 Å². The average molecular weight is 742 g/mol. The summed E-state index contributed by atoms with van der Waals surface area (Å²) < 4.78 is 47.9. The molecule has 0 saturated heterocycles. The number of carboxylic acids is 1. The van der Waals surface area contributed by atoms with Gasteiger partial charge in [0.1, 0.15) is 5.75 Å². The van der Waals surface area contributed by atoms with Crippen molar-refractivity contribution in [1.29, 1.82) is 0 Å². The molecular weight excluding hydrogens is 707 g/mol. The van der Waals surface area contributed by atoms with E-state index in [1.807, 2.05) is 34.6 Å². The average Bonchev–Trinajstić information content (AvgIpc) is 3.39. The lowest BCUT2D eigenvalue weighted by molar-refractivity contribution is 0.0696. The summed E-state index contributed by atoms with van der Waals surface area (Å²) in [5, 5.41) is 16.1. The first-order chi connectivity index (χ1) is 22.8. The topological polar surface area (TPSA) is 214 Å². The van der Waals surface area contributed by atoms with E-state index in [2.05, 4.69) is 20.4 Å². The SMILES string of the molecule is CC(C)Oc1cc(-n2nc(C(C)(C)C)oc2=O)c(Cl)cc1Cl.COc1cc(OC)nc(NC(=O)NS(=O)(=O)Cc2ccccc2C(=O)O)n1. The fraction of sp³-hybridized carbons (Fsp3) is 0.333. The van der Waals surface area contributed by atoms with Crippen molar-refractivity contribution in [3.8, 4) is 23.2 Å². The van der Waals surface area contributed by atoms with Crippen molar-refractivity contribution in [3.05, 3.63) is 80.1 Å². The molecule has 0 aliphatic rings. The minimum Gasteiger partial charge on any atom is -0.489 e. The van der Waals surface area contributed by atoms with E-state index in [0.717, 1.165) is 4.68 Å². The molecule has 16 nitrogen and oxygen atoms in total. The highest BCUT2D eigenvalue weighted by atomic mass is 35.5. The van der Waals surface area contributed by atoms with Crippen molar-refractivity contribution in [2.75, 3.05) is 19.5 Å². The Morgan fingerprint density at radius 2 is 1.63 bits per heavy atom. The van der Waals surface area contributed by atoms with Gasteiger partial charge in [0.05, 0.1) is 53.4 Å². The Labute approximate surface area is 291 Å². The number of nitrogens with zero attached hydrogens (tertiary/aromatic N) is 4. The van der Waals surface area contributed by atoms with Crippen LogP contribution in [0.4, 0.5) is 10.7 Å². The fourth-order valence-corrected chi connectivity index (χ4v) is 5.37. The summed E-state index contributed by atoms with van der Waals surface area (Å²) in [6, 6.07) is 8.91. The minimum atomic E-state index is -4.18. The van der Waals surface area contributed by atoms with Gasteiger partial charge in [0, 0.05) is 11.5 Å². The number of hydrogen-bond acceptors (Lipinski definition) is 12. The lowest BCUT2D eigenvalue weighted by Crippen LogP contribution is -2.36. The highest BCUT2D eigenvalue weighted by Crippen LogP contribution is 2.33. The molecule has 2 aromatic heterocycles. The second-order valence-electron chi connectivity index (χ2n) is 11.3. The summed E-state index contributed by atoms with van der Waals surface area (Å²) in [6.45, 7) is 9.47. The number of aromatic nitrogens is 4. The van der Waals surface area contributed by atoms with Crippen LogP contribution in [0, 0.1) is 0 Å². The Bertz CT molecular complexity index is 1970. The van der Waals surface area contributed by atoms with Crippen LogP contribution in [0.25, 0.3) is 5.69 Å². The largest absolute Gasteiger partial charge is 0.489 e. The van der Waals surface area contributed by atoms with E-state index in [1.165, 1.54) is 50.6 Å². The summed E-state index contributed by atoms with van der Waals surface area (Å²) in [5.41, 5.74) is -0.166. The van der Waals surface area contributed by atoms with Crippen LogP contribution in [-0.4, -0.2) is 65.6 Å². The summed E-state index contributed by atoms with van der Waals surface area (Å²) >= 11 is 12.3. The van der Waals surface area contributed by atoms with Gasteiger partial charge in [0.15, 0.2) is 0 Å². The molecule has 2 heterocycles. The zero-order chi connectivity index (χ0) is 36.7. The third-order valence-electron chi connectivity index (χ3n) is 5.95. The number of urea groups is 1. The number of ether oxygens (including phenoxy) is 3. The highest BCUT2D eigenvalue weighted by molar-refractivity contribution is 7.89. The number of carbonyl (C=O) groups is 2. The number of sulfonamides is 1. The van der Waals surface area contributed by atoms with Gasteiger partial charge in [-0.25, -0.2) is 27.5 Å². The fourth-order valence-electron chi connectivity index (χ4n) is 3.79. The summed E-state index contributed by atoms with van der Waals surface area (Å²) in [7, 11) is -1.50. The Hall–Kier alpha value is -4.87. The van der Waals surface area contributed by atoms with E-state index in [-0.39, 0.29) is 45.4 Å². The van der Waals surface area contributed by atoms with Crippen LogP contribution in [0.1, 0.15) is 56.4 Å². The quantitative estimate of drug-likeness (QED) is 0.194. The second-order valence-corrected chi connectivity index (χ2v) is 13.8. The van der Waals surface area contributed by atoms with Gasteiger partial charge < -0.3 is 23.7 Å². The standard InChI is InChI=1S/C15H18Cl2N2O3.C15H16N4O7S/c1-8(2)21-12-7-11(9(16)6-10(12)17)19-14(20)22-13(18-19)15(3,4)5;1-25-11-7-12(26-2)17-14(16-11)18-15(22)19-27(23,24)8-9-5-3-4-6-10(9)13(20)21/h6-8H,1-5H3;3-7H,8H2,1-2H3,(H,20,21)(H2,16,17,18,19,22). The number of hydrogen-bond donors (Lipinski definition) is 3. The molecule has 0 aliphatic heterocycles. The van der Waals surface area contributed by atoms with Gasteiger partial charge in [-0.1, -0.05) is 62.2 Å². The third kappa shape index (κ3) is 10.8. The number of halogens is 2. The molecule has 0 bridgehead atoms. The van der Waals surface area contributed by atoms with Gasteiger partial charge in [-0.2, -0.15) is 14.6 Å². The Kier molecular flexibility index (Phi) is 12.6. The van der Waals surface area contributed by atoms with Crippen LogP contribution in [0.5, 0.6) is 17.5 Å². The molecule has 0 atom stereocenters. The maximum absolute atomic E-state index is 12.2. The molecule has 4 rings (SSSR count). The van der Waals surface area contributed by atoms with Crippen molar-refractivity contribution < 1.29 is 41.7 Å². The summed E-state index contributed by atoms with van der Waals surface area (Å²) in [4.78, 5) is 42.8. The third-order valence-corrected chi connectivity index (χ3v) is 7.73. The molecule has 264 valence electrons. The van der Waals surface area contributed by atoms with Crippen LogP contribution < -0.4 is 30.0 Å². The Balaban J connectivity index is 0.000000271. The molecule has 19 heteroatoms. The molecule has 0 fully saturated rings. The smallest absolute Gasteiger partial charge is 0.442 e. The lowest BCUT2D eigenvalue weighted by atomic mass is 9.97. The molecule has 2 amide bonds. The van der Waals surface area contributed by atoms with Gasteiger partial charge in [0.25, 0.3) is 0 Å². The first-order valence-electron chi connectivity index (χ1n) is 14.2. The van der Waals surface area contributed by atoms with E-state index in [9.17, 15) is 22.8 Å². The highest BCUT2D eigenvalue weighted by Gasteiger charge is 2.25. The van der Waals surface area contributed by atoms with Crippen molar-refractivity contribution in [3.63, 3.8) is 0 Å². The van der Waals surface area contributed by atoms with Crippen LogP contribution in [0.3, 0.4) is 0 Å². The second kappa shape index (κ2) is 16.0. The number of aromatic carboxylic acids is 1. The zero-order valence-electron chi connectivity index (χ0n) is 27.4. The normalized spacial score (nSPS) is 11.3. The van der Waals surface area contributed by atoms with Gasteiger partial charge in [0.2, 0.25) is 33.6 Å². The van der Waals surface area contributed by atoms with Gasteiger partial charge >= 0.3 is 17.8 Å². The molecule has 0 aliphatic carbocycles. The van der Waals surface area contributed by atoms with E-state index in [1.54, 1.807) is 10.8 Å². The van der Waals surface area contributed by atoms with Gasteiger partial charge in [-0.15, -0.1) is 5.10 Å². The number of rotatable bonds is 10. The molecule has 3 N–H and O–H groups in total. The van der Waals surface area contributed by atoms with E-state index in [4.69, 9.17) is 46.9 Å². The summed E-state index contributed by atoms with van der Waals surface area (Å²) in [6.07, 6.45) is -0.0642. The molecule has 2 aromatic carbocycles. The van der Waals surface area contributed by atoms with Crippen molar-refractivity contribution >= 4 is 51.2 Å². The minimum absolute atomic E-state index is 0.0320. The van der Waals surface area contributed by atoms with Crippen LogP contribution in [-0.2, 0) is 21.2 Å². The maximum Gasteiger partial charge on any atom is 0.442 e. The molecule has 49 heavy (non-hydrogen) atoms. The Morgan fingerprint density at radius 1 is 1.02 bits per heavy atom. The van der Waals surface area contributed by atoms with E-state index in [0.29, 0.717) is 22.4 Å². The molecular formula is C30H34Cl2N6O10S. The number of benzene rings is 2. The Morgan fingerprint density at radius 3 is 2.16 bits per heavy atom. The lowest BCUT2D eigenvalue weighted by Gasteiger charge is -2.13. The molecule has 0 radical (unpaired) electrons. The van der Waals surface area contributed by atoms with Crippen molar-refractivity contribution in [2.45, 2.75) is 51.9 Å². The molecule has 4 aromatic rings. The number of carbonyl (C=O) groups excluding carboxylic acids is 1. The molecule has 0 spiro atoms. The number of carboxylic acid groups (broad SMARTS) is 1. The zero-order valence-corrected chi connectivity index (χ0v) is 29.7. The molecule has 0 saturated carbocycles. The molecule has 0 unspecified atom stereocenters. The number of anilines is 1. The monoisotopic (exact) mass is 740 g/mol. The maximum atomic E-state index is 12.2. The van der Waals surface area contributed by atoms with Crippen LogP contribution in [0.2, 0.25) is 10.0 Å². The van der Waals surface area contributed by atoms with Gasteiger partial charge in [-0.05, 0) is 31.5 Å². The number of methoxy groups -OCH3 is 2. The first kappa shape index (κ1) is 38.6.